The molecule has 14 heavy (non-hydrogen) atoms. The summed E-state index contributed by atoms with van der Waals surface area (Å²) in [6, 6.07) is 7.88. The molecule has 1 aliphatic rings. The van der Waals surface area contributed by atoms with E-state index in [1.165, 1.54) is 0 Å². The minimum atomic E-state index is -0.242. The average molecular weight is 256 g/mol. The lowest BCUT2D eigenvalue weighted by atomic mass is 10.1. The lowest BCUT2D eigenvalue weighted by Gasteiger charge is -2.03. The van der Waals surface area contributed by atoms with Crippen LogP contribution in [0.4, 0.5) is 0 Å². The second-order valence-corrected chi connectivity index (χ2v) is 3.94. The molecular weight excluding hydrogens is 246 g/mol. The number of benzene rings is 1. The van der Waals surface area contributed by atoms with E-state index in [1.807, 2.05) is 30.3 Å². The van der Waals surface area contributed by atoms with Crippen molar-refractivity contribution >= 4 is 21.6 Å². The number of hydroxylamine groups is 1. The first-order chi connectivity index (χ1) is 6.79. The summed E-state index contributed by atoms with van der Waals surface area (Å²) in [7, 11) is 0. The Morgan fingerprint density at radius 2 is 2.07 bits per heavy atom. The maximum Gasteiger partial charge on any atom is 0.129 e. The van der Waals surface area contributed by atoms with Crippen molar-refractivity contribution in [2.45, 2.75) is 6.10 Å². The highest BCUT2D eigenvalue weighted by molar-refractivity contribution is 9.10. The molecule has 1 aromatic rings. The number of aliphatic hydroxyl groups is 1. The zero-order valence-electron chi connectivity index (χ0n) is 7.40. The molecule has 0 bridgehead atoms. The summed E-state index contributed by atoms with van der Waals surface area (Å²) in [6.45, 7) is -0.00692. The highest BCUT2D eigenvalue weighted by Gasteiger charge is 2.15. The Bertz CT molecular complexity index is 348. The Balaban J connectivity index is 2.20. The van der Waals surface area contributed by atoms with Crippen LogP contribution in [0, 0.1) is 0 Å². The van der Waals surface area contributed by atoms with Gasteiger partial charge in [0.15, 0.2) is 0 Å². The van der Waals surface area contributed by atoms with E-state index >= 15 is 0 Å². The van der Waals surface area contributed by atoms with Gasteiger partial charge in [0.05, 0.1) is 12.3 Å². The van der Waals surface area contributed by atoms with E-state index in [0.29, 0.717) is 0 Å². The summed E-state index contributed by atoms with van der Waals surface area (Å²) in [5.74, 6) is 0. The van der Waals surface area contributed by atoms with Gasteiger partial charge in [-0.2, -0.15) is 0 Å². The maximum absolute atomic E-state index is 8.86. The molecule has 1 aliphatic heterocycles. The van der Waals surface area contributed by atoms with Crippen LogP contribution >= 0.6 is 15.9 Å². The molecule has 1 atom stereocenters. The minimum Gasteiger partial charge on any atom is -0.393 e. The SMILES string of the molecule is OCC1C=C(c2ccc(Br)cc2)NO1. The standard InChI is InChI=1S/C10H10BrNO2/c11-8-3-1-7(2-4-8)10-5-9(6-13)14-12-10/h1-5,9,12-13H,6H2. The third kappa shape index (κ3) is 1.97. The fourth-order valence-electron chi connectivity index (χ4n) is 1.27. The average Bonchev–Trinajstić information content (AvgIpc) is 2.67. The summed E-state index contributed by atoms with van der Waals surface area (Å²) >= 11 is 3.37. The van der Waals surface area contributed by atoms with Crippen molar-refractivity contribution in [3.8, 4) is 0 Å². The molecule has 1 heterocycles. The van der Waals surface area contributed by atoms with Gasteiger partial charge in [0.1, 0.15) is 6.10 Å². The number of aliphatic hydroxyl groups excluding tert-OH is 1. The van der Waals surface area contributed by atoms with Crippen LogP contribution in [0.25, 0.3) is 5.70 Å². The van der Waals surface area contributed by atoms with Crippen LogP contribution in [0.15, 0.2) is 34.8 Å². The first-order valence-corrected chi connectivity index (χ1v) is 5.09. The Labute approximate surface area is 90.5 Å². The van der Waals surface area contributed by atoms with Gasteiger partial charge in [0, 0.05) is 4.47 Å². The van der Waals surface area contributed by atoms with E-state index < -0.39 is 0 Å². The first-order valence-electron chi connectivity index (χ1n) is 4.30. The highest BCUT2D eigenvalue weighted by Crippen LogP contribution is 2.20. The van der Waals surface area contributed by atoms with Gasteiger partial charge in [-0.05, 0) is 23.8 Å². The first kappa shape index (κ1) is 9.71. The summed E-state index contributed by atoms with van der Waals surface area (Å²) in [6.07, 6.45) is 1.62. The molecule has 1 aromatic carbocycles. The Hall–Kier alpha value is -0.840. The topological polar surface area (TPSA) is 41.5 Å². The largest absolute Gasteiger partial charge is 0.393 e. The number of halogens is 1. The maximum atomic E-state index is 8.86. The van der Waals surface area contributed by atoms with Crippen LogP contribution in [0.5, 0.6) is 0 Å². The van der Waals surface area contributed by atoms with Crippen LogP contribution in [0.3, 0.4) is 0 Å². The van der Waals surface area contributed by atoms with Crippen LogP contribution in [-0.2, 0) is 4.84 Å². The lowest BCUT2D eigenvalue weighted by molar-refractivity contribution is 0.0173. The number of rotatable bonds is 2. The second kappa shape index (κ2) is 4.13. The molecule has 2 rings (SSSR count). The van der Waals surface area contributed by atoms with Crippen LogP contribution in [-0.4, -0.2) is 17.8 Å². The van der Waals surface area contributed by atoms with E-state index in [1.54, 1.807) is 0 Å². The van der Waals surface area contributed by atoms with E-state index in [9.17, 15) is 0 Å². The zero-order chi connectivity index (χ0) is 9.97. The van der Waals surface area contributed by atoms with Crippen LogP contribution in [0.2, 0.25) is 0 Å². The van der Waals surface area contributed by atoms with E-state index in [2.05, 4.69) is 21.4 Å². The van der Waals surface area contributed by atoms with Gasteiger partial charge >= 0.3 is 0 Å². The van der Waals surface area contributed by atoms with Crippen LogP contribution < -0.4 is 5.48 Å². The molecule has 0 spiro atoms. The minimum absolute atomic E-state index is 0.00692. The van der Waals surface area contributed by atoms with Gasteiger partial charge in [-0.1, -0.05) is 28.1 Å². The molecule has 0 saturated heterocycles. The van der Waals surface area contributed by atoms with E-state index in [4.69, 9.17) is 9.94 Å². The molecule has 0 fully saturated rings. The lowest BCUT2D eigenvalue weighted by Crippen LogP contribution is -2.15. The molecule has 2 N–H and O–H groups in total. The summed E-state index contributed by atoms with van der Waals surface area (Å²) < 4.78 is 1.04. The smallest absolute Gasteiger partial charge is 0.129 e. The molecule has 0 radical (unpaired) electrons. The van der Waals surface area contributed by atoms with Crippen molar-refractivity contribution in [2.24, 2.45) is 0 Å². The van der Waals surface area contributed by atoms with Crippen molar-refractivity contribution in [1.29, 1.82) is 0 Å². The molecule has 4 heteroatoms. The van der Waals surface area contributed by atoms with Crippen molar-refractivity contribution < 1.29 is 9.94 Å². The number of hydrogen-bond acceptors (Lipinski definition) is 3. The Morgan fingerprint density at radius 3 is 2.64 bits per heavy atom. The molecule has 1 unspecified atom stereocenters. The third-order valence-electron chi connectivity index (χ3n) is 2.01. The summed E-state index contributed by atoms with van der Waals surface area (Å²) in [4.78, 5) is 5.10. The quantitative estimate of drug-likeness (QED) is 0.846. The second-order valence-electron chi connectivity index (χ2n) is 3.03. The van der Waals surface area contributed by atoms with Crippen molar-refractivity contribution in [1.82, 2.24) is 5.48 Å². The summed E-state index contributed by atoms with van der Waals surface area (Å²) in [5.41, 5.74) is 4.72. The van der Waals surface area contributed by atoms with Gasteiger partial charge in [-0.3, -0.25) is 10.3 Å². The van der Waals surface area contributed by atoms with Crippen molar-refractivity contribution in [3.63, 3.8) is 0 Å². The normalized spacial score (nSPS) is 20.4. The predicted octanol–water partition coefficient (Wildman–Crippen LogP) is 1.69. The van der Waals surface area contributed by atoms with Gasteiger partial charge < -0.3 is 5.11 Å². The molecule has 3 nitrogen and oxygen atoms in total. The summed E-state index contributed by atoms with van der Waals surface area (Å²) in [5, 5.41) is 8.86. The fourth-order valence-corrected chi connectivity index (χ4v) is 1.53. The van der Waals surface area contributed by atoms with Crippen molar-refractivity contribution in [3.05, 3.63) is 40.4 Å². The molecule has 0 saturated carbocycles. The number of hydrogen-bond donors (Lipinski definition) is 2. The van der Waals surface area contributed by atoms with Gasteiger partial charge in [-0.25, -0.2) is 0 Å². The highest BCUT2D eigenvalue weighted by atomic mass is 79.9. The van der Waals surface area contributed by atoms with Gasteiger partial charge in [0.25, 0.3) is 0 Å². The molecular formula is C10H10BrNO2. The molecule has 0 aromatic heterocycles. The van der Waals surface area contributed by atoms with E-state index in [0.717, 1.165) is 15.7 Å². The monoisotopic (exact) mass is 255 g/mol. The molecule has 0 amide bonds. The van der Waals surface area contributed by atoms with Gasteiger partial charge in [-0.15, -0.1) is 0 Å². The molecule has 0 aliphatic carbocycles. The predicted molar refractivity (Wildman–Crippen MR) is 57.2 cm³/mol. The van der Waals surface area contributed by atoms with Crippen molar-refractivity contribution in [2.75, 3.05) is 6.61 Å². The Kier molecular flexibility index (Phi) is 2.86. The third-order valence-corrected chi connectivity index (χ3v) is 2.54. The Morgan fingerprint density at radius 1 is 1.36 bits per heavy atom. The molecule has 74 valence electrons. The van der Waals surface area contributed by atoms with Gasteiger partial charge in [0.2, 0.25) is 0 Å². The zero-order valence-corrected chi connectivity index (χ0v) is 8.99. The van der Waals surface area contributed by atoms with Crippen LogP contribution in [0.1, 0.15) is 5.56 Å². The number of nitrogens with one attached hydrogen (secondary N) is 1. The fraction of sp³-hybridized carbons (Fsp3) is 0.200. The van der Waals surface area contributed by atoms with E-state index in [-0.39, 0.29) is 12.7 Å².